The summed E-state index contributed by atoms with van der Waals surface area (Å²) in [4.78, 5) is 4.73. The van der Waals surface area contributed by atoms with Gasteiger partial charge in [0.2, 0.25) is 0 Å². The SMILES string of the molecule is C1=NC(c2ccccc2)NC=C1c1ccc(Nc2ccccc2-c2ccc(Nc3ccccc3)c(-c3ccccc3)c2)cc1. The van der Waals surface area contributed by atoms with Crippen LogP contribution in [-0.2, 0) is 0 Å². The van der Waals surface area contributed by atoms with Gasteiger partial charge in [-0.05, 0) is 64.7 Å². The first-order chi connectivity index (χ1) is 21.8. The van der Waals surface area contributed by atoms with Crippen molar-refractivity contribution in [3.05, 3.63) is 175 Å². The van der Waals surface area contributed by atoms with Crippen molar-refractivity contribution in [1.29, 1.82) is 0 Å². The van der Waals surface area contributed by atoms with Crippen LogP contribution in [0.15, 0.2) is 169 Å². The van der Waals surface area contributed by atoms with Crippen LogP contribution in [-0.4, -0.2) is 6.21 Å². The van der Waals surface area contributed by atoms with Crippen LogP contribution < -0.4 is 16.0 Å². The van der Waals surface area contributed by atoms with E-state index in [4.69, 9.17) is 4.99 Å². The average molecular weight is 569 g/mol. The molecule has 0 spiro atoms. The molecule has 1 aliphatic rings. The largest absolute Gasteiger partial charge is 0.366 e. The maximum atomic E-state index is 4.73. The molecule has 0 amide bonds. The molecule has 44 heavy (non-hydrogen) atoms. The summed E-state index contributed by atoms with van der Waals surface area (Å²) < 4.78 is 0. The van der Waals surface area contributed by atoms with Crippen LogP contribution in [0.5, 0.6) is 0 Å². The maximum absolute atomic E-state index is 4.73. The number of aliphatic imine (C=N–C) groups is 1. The number of para-hydroxylation sites is 2. The predicted octanol–water partition coefficient (Wildman–Crippen LogP) is 10.2. The van der Waals surface area contributed by atoms with Crippen molar-refractivity contribution in [3.8, 4) is 22.3 Å². The number of allylic oxidation sites excluding steroid dienone is 1. The highest BCUT2D eigenvalue weighted by Crippen LogP contribution is 2.37. The van der Waals surface area contributed by atoms with Gasteiger partial charge in [-0.15, -0.1) is 0 Å². The highest BCUT2D eigenvalue weighted by molar-refractivity contribution is 6.10. The monoisotopic (exact) mass is 568 g/mol. The molecule has 0 bridgehead atoms. The second-order valence-corrected chi connectivity index (χ2v) is 10.7. The van der Waals surface area contributed by atoms with Crippen LogP contribution in [0, 0.1) is 0 Å². The summed E-state index contributed by atoms with van der Waals surface area (Å²) in [6, 6.07) is 54.7. The summed E-state index contributed by atoms with van der Waals surface area (Å²) in [5.41, 5.74) is 12.1. The Morgan fingerprint density at radius 2 is 1.07 bits per heavy atom. The van der Waals surface area contributed by atoms with Gasteiger partial charge in [-0.1, -0.05) is 115 Å². The van der Waals surface area contributed by atoms with Crippen molar-refractivity contribution in [2.24, 2.45) is 4.99 Å². The molecule has 0 aliphatic carbocycles. The van der Waals surface area contributed by atoms with E-state index in [2.05, 4.69) is 137 Å². The second-order valence-electron chi connectivity index (χ2n) is 10.7. The molecular formula is C40H32N4. The van der Waals surface area contributed by atoms with Gasteiger partial charge < -0.3 is 16.0 Å². The first kappa shape index (κ1) is 27.0. The number of rotatable bonds is 8. The quantitative estimate of drug-likeness (QED) is 0.171. The van der Waals surface area contributed by atoms with E-state index in [9.17, 15) is 0 Å². The highest BCUT2D eigenvalue weighted by Gasteiger charge is 2.13. The third-order valence-corrected chi connectivity index (χ3v) is 7.77. The standard InChI is InChI=1S/C40H32N4/c1-4-12-30(13-5-1)37-26-32(22-25-39(37)43-34-16-8-3-9-17-34)36-18-10-11-19-38(36)44-35-23-20-29(21-24-35)33-27-41-40(42-28-33)31-14-6-2-7-15-31/h1-28,40-41,43-44H. The minimum absolute atomic E-state index is 0.0528. The minimum Gasteiger partial charge on any atom is -0.366 e. The molecule has 4 heteroatoms. The van der Waals surface area contributed by atoms with Gasteiger partial charge >= 0.3 is 0 Å². The molecule has 6 aromatic carbocycles. The molecule has 1 aliphatic heterocycles. The molecular weight excluding hydrogens is 536 g/mol. The Balaban J connectivity index is 1.13. The van der Waals surface area contributed by atoms with Crippen LogP contribution in [0.3, 0.4) is 0 Å². The molecule has 0 saturated heterocycles. The van der Waals surface area contributed by atoms with Gasteiger partial charge in [-0.25, -0.2) is 0 Å². The number of hydrogen-bond acceptors (Lipinski definition) is 4. The predicted molar refractivity (Wildman–Crippen MR) is 186 cm³/mol. The summed E-state index contributed by atoms with van der Waals surface area (Å²) in [5.74, 6) is 0. The number of nitrogens with zero attached hydrogens (tertiary/aromatic N) is 1. The maximum Gasteiger partial charge on any atom is 0.144 e. The van der Waals surface area contributed by atoms with E-state index in [1.54, 1.807) is 0 Å². The van der Waals surface area contributed by atoms with Crippen LogP contribution in [0.1, 0.15) is 17.3 Å². The van der Waals surface area contributed by atoms with E-state index >= 15 is 0 Å². The van der Waals surface area contributed by atoms with Crippen LogP contribution in [0.25, 0.3) is 27.8 Å². The molecule has 1 atom stereocenters. The topological polar surface area (TPSA) is 48.5 Å². The Bertz CT molecular complexity index is 1910. The van der Waals surface area contributed by atoms with E-state index in [0.29, 0.717) is 0 Å². The Hall–Kier alpha value is -5.87. The molecule has 4 nitrogen and oxygen atoms in total. The molecule has 1 heterocycles. The van der Waals surface area contributed by atoms with Crippen molar-refractivity contribution in [1.82, 2.24) is 5.32 Å². The molecule has 3 N–H and O–H groups in total. The van der Waals surface area contributed by atoms with Gasteiger partial charge in [0.15, 0.2) is 0 Å². The lowest BCUT2D eigenvalue weighted by Crippen LogP contribution is -2.17. The van der Waals surface area contributed by atoms with E-state index in [1.807, 2.05) is 48.8 Å². The summed E-state index contributed by atoms with van der Waals surface area (Å²) in [6.45, 7) is 0. The highest BCUT2D eigenvalue weighted by atomic mass is 15.1. The van der Waals surface area contributed by atoms with Crippen LogP contribution in [0.4, 0.5) is 22.7 Å². The average Bonchev–Trinajstić information content (AvgIpc) is 3.10. The second kappa shape index (κ2) is 12.6. The fourth-order valence-corrected chi connectivity index (χ4v) is 5.48. The van der Waals surface area contributed by atoms with E-state index < -0.39 is 0 Å². The molecule has 0 saturated carbocycles. The van der Waals surface area contributed by atoms with Crippen molar-refractivity contribution in [2.45, 2.75) is 6.17 Å². The number of benzene rings is 6. The molecule has 0 radical (unpaired) electrons. The fourth-order valence-electron chi connectivity index (χ4n) is 5.48. The van der Waals surface area contributed by atoms with Gasteiger partial charge in [-0.2, -0.15) is 0 Å². The van der Waals surface area contributed by atoms with Gasteiger partial charge in [0.25, 0.3) is 0 Å². The first-order valence-corrected chi connectivity index (χ1v) is 14.8. The molecule has 1 unspecified atom stereocenters. The summed E-state index contributed by atoms with van der Waals surface area (Å²) in [6.07, 6.45) is 3.94. The van der Waals surface area contributed by atoms with Crippen LogP contribution in [0.2, 0.25) is 0 Å². The molecule has 6 aromatic rings. The normalized spacial score (nSPS) is 13.9. The Morgan fingerprint density at radius 1 is 0.477 bits per heavy atom. The third kappa shape index (κ3) is 6.01. The van der Waals surface area contributed by atoms with Crippen molar-refractivity contribution < 1.29 is 0 Å². The summed E-state index contributed by atoms with van der Waals surface area (Å²) >= 11 is 0. The Labute approximate surface area is 258 Å². The number of hydrogen-bond donors (Lipinski definition) is 3. The van der Waals surface area contributed by atoms with E-state index in [0.717, 1.165) is 56.1 Å². The minimum atomic E-state index is -0.0528. The van der Waals surface area contributed by atoms with Gasteiger partial charge in [0, 0.05) is 51.9 Å². The lowest BCUT2D eigenvalue weighted by atomic mass is 9.96. The van der Waals surface area contributed by atoms with Crippen molar-refractivity contribution in [2.75, 3.05) is 10.6 Å². The Kier molecular flexibility index (Phi) is 7.70. The molecule has 212 valence electrons. The van der Waals surface area contributed by atoms with Crippen molar-refractivity contribution >= 4 is 34.5 Å². The Morgan fingerprint density at radius 3 is 1.77 bits per heavy atom. The van der Waals surface area contributed by atoms with Gasteiger partial charge in [-0.3, -0.25) is 4.99 Å². The molecule has 0 fully saturated rings. The van der Waals surface area contributed by atoms with Crippen molar-refractivity contribution in [3.63, 3.8) is 0 Å². The number of nitrogens with one attached hydrogen (secondary N) is 3. The zero-order valence-corrected chi connectivity index (χ0v) is 24.2. The lowest BCUT2D eigenvalue weighted by molar-refractivity contribution is 0.655. The third-order valence-electron chi connectivity index (χ3n) is 7.77. The summed E-state index contributed by atoms with van der Waals surface area (Å²) in [5, 5.41) is 10.7. The fraction of sp³-hybridized carbons (Fsp3) is 0.0250. The number of anilines is 4. The molecule has 7 rings (SSSR count). The zero-order valence-electron chi connectivity index (χ0n) is 24.2. The smallest absolute Gasteiger partial charge is 0.144 e. The molecule has 0 aromatic heterocycles. The first-order valence-electron chi connectivity index (χ1n) is 14.8. The summed E-state index contributed by atoms with van der Waals surface area (Å²) in [7, 11) is 0. The van der Waals surface area contributed by atoms with Gasteiger partial charge in [0.05, 0.1) is 0 Å². The lowest BCUT2D eigenvalue weighted by Gasteiger charge is -2.19. The zero-order chi connectivity index (χ0) is 29.6. The van der Waals surface area contributed by atoms with Crippen LogP contribution >= 0.6 is 0 Å². The van der Waals surface area contributed by atoms with Gasteiger partial charge in [0.1, 0.15) is 6.17 Å². The van der Waals surface area contributed by atoms with E-state index in [-0.39, 0.29) is 6.17 Å². The van der Waals surface area contributed by atoms with E-state index in [1.165, 1.54) is 5.56 Å².